The molecule has 1 aromatic heterocycles. The molecule has 0 fully saturated rings. The van der Waals surface area contributed by atoms with Gasteiger partial charge in [0.05, 0.1) is 12.0 Å². The standard InChI is InChI=1S/C12H19N3O3S/c1-7(11(16)17)5-15(4)12(18)14-9(3)10-13-8(2)6-19-10/h6-7,9H,5H2,1-4H3,(H,14,18)(H,16,17). The second-order valence-corrected chi connectivity index (χ2v) is 5.51. The van der Waals surface area contributed by atoms with Crippen molar-refractivity contribution in [2.24, 2.45) is 5.92 Å². The fourth-order valence-corrected chi connectivity index (χ4v) is 2.30. The van der Waals surface area contributed by atoms with Gasteiger partial charge in [-0.3, -0.25) is 4.79 Å². The number of carboxylic acid groups (broad SMARTS) is 1. The number of hydrogen-bond acceptors (Lipinski definition) is 4. The van der Waals surface area contributed by atoms with E-state index in [0.717, 1.165) is 10.7 Å². The average Bonchev–Trinajstić information content (AvgIpc) is 2.75. The molecule has 7 heteroatoms. The molecule has 0 spiro atoms. The van der Waals surface area contributed by atoms with Crippen molar-refractivity contribution in [3.05, 3.63) is 16.1 Å². The van der Waals surface area contributed by atoms with Gasteiger partial charge in [0.15, 0.2) is 0 Å². The lowest BCUT2D eigenvalue weighted by Gasteiger charge is -2.22. The molecule has 0 aromatic carbocycles. The van der Waals surface area contributed by atoms with Gasteiger partial charge in [-0.1, -0.05) is 6.92 Å². The zero-order chi connectivity index (χ0) is 14.6. The molecule has 106 valence electrons. The number of carbonyl (C=O) groups excluding carboxylic acids is 1. The Hall–Kier alpha value is -1.63. The SMILES string of the molecule is Cc1csc(C(C)NC(=O)N(C)CC(C)C(=O)O)n1. The van der Waals surface area contributed by atoms with Gasteiger partial charge < -0.3 is 15.3 Å². The smallest absolute Gasteiger partial charge is 0.317 e. The molecule has 6 nitrogen and oxygen atoms in total. The van der Waals surface area contributed by atoms with E-state index in [2.05, 4.69) is 10.3 Å². The van der Waals surface area contributed by atoms with E-state index in [1.807, 2.05) is 19.2 Å². The van der Waals surface area contributed by atoms with Gasteiger partial charge in [0.1, 0.15) is 5.01 Å². The van der Waals surface area contributed by atoms with E-state index in [1.54, 1.807) is 14.0 Å². The maximum absolute atomic E-state index is 11.9. The van der Waals surface area contributed by atoms with Crippen LogP contribution in [0.1, 0.15) is 30.6 Å². The summed E-state index contributed by atoms with van der Waals surface area (Å²) in [7, 11) is 1.58. The number of aromatic nitrogens is 1. The number of nitrogens with one attached hydrogen (secondary N) is 1. The lowest BCUT2D eigenvalue weighted by Crippen LogP contribution is -2.41. The summed E-state index contributed by atoms with van der Waals surface area (Å²) in [5, 5.41) is 14.4. The molecule has 0 radical (unpaired) electrons. The molecule has 1 rings (SSSR count). The molecule has 0 saturated carbocycles. The maximum Gasteiger partial charge on any atom is 0.317 e. The van der Waals surface area contributed by atoms with E-state index in [-0.39, 0.29) is 18.6 Å². The van der Waals surface area contributed by atoms with E-state index in [4.69, 9.17) is 5.11 Å². The summed E-state index contributed by atoms with van der Waals surface area (Å²) < 4.78 is 0. The minimum Gasteiger partial charge on any atom is -0.481 e. The van der Waals surface area contributed by atoms with Crippen molar-refractivity contribution in [2.75, 3.05) is 13.6 Å². The van der Waals surface area contributed by atoms with E-state index in [9.17, 15) is 9.59 Å². The van der Waals surface area contributed by atoms with Crippen LogP contribution >= 0.6 is 11.3 Å². The van der Waals surface area contributed by atoms with Gasteiger partial charge in [0.25, 0.3) is 0 Å². The summed E-state index contributed by atoms with van der Waals surface area (Å²) in [6, 6.07) is -0.484. The number of urea groups is 1. The quantitative estimate of drug-likeness (QED) is 0.865. The van der Waals surface area contributed by atoms with Crippen LogP contribution in [0.2, 0.25) is 0 Å². The molecule has 0 saturated heterocycles. The van der Waals surface area contributed by atoms with E-state index < -0.39 is 11.9 Å². The van der Waals surface area contributed by atoms with Crippen molar-refractivity contribution in [1.82, 2.24) is 15.2 Å². The van der Waals surface area contributed by atoms with Crippen LogP contribution in [0.4, 0.5) is 4.79 Å². The molecule has 19 heavy (non-hydrogen) atoms. The van der Waals surface area contributed by atoms with Crippen molar-refractivity contribution in [2.45, 2.75) is 26.8 Å². The van der Waals surface area contributed by atoms with Crippen LogP contribution < -0.4 is 5.32 Å². The minimum absolute atomic E-state index is 0.171. The fraction of sp³-hybridized carbons (Fsp3) is 0.583. The van der Waals surface area contributed by atoms with Gasteiger partial charge in [0.2, 0.25) is 0 Å². The molecule has 0 bridgehead atoms. The third kappa shape index (κ3) is 4.51. The molecule has 2 unspecified atom stereocenters. The Bertz CT molecular complexity index is 461. The number of hydrogen-bond donors (Lipinski definition) is 2. The van der Waals surface area contributed by atoms with Crippen molar-refractivity contribution in [3.63, 3.8) is 0 Å². The number of amides is 2. The molecule has 2 N–H and O–H groups in total. The third-order valence-electron chi connectivity index (χ3n) is 2.66. The van der Waals surface area contributed by atoms with Gasteiger partial charge in [-0.25, -0.2) is 9.78 Å². The Balaban J connectivity index is 2.52. The van der Waals surface area contributed by atoms with Gasteiger partial charge >= 0.3 is 12.0 Å². The predicted octanol–water partition coefficient (Wildman–Crippen LogP) is 1.87. The van der Waals surface area contributed by atoms with Crippen LogP contribution in [-0.2, 0) is 4.79 Å². The molecule has 1 aromatic rings. The Kier molecular flexibility index (Phi) is 5.29. The average molecular weight is 285 g/mol. The summed E-state index contributed by atoms with van der Waals surface area (Å²) in [5.41, 5.74) is 0.925. The van der Waals surface area contributed by atoms with Crippen LogP contribution in [0, 0.1) is 12.8 Å². The van der Waals surface area contributed by atoms with Gasteiger partial charge in [-0.05, 0) is 13.8 Å². The Labute approximate surface area is 116 Å². The highest BCUT2D eigenvalue weighted by atomic mass is 32.1. The normalized spacial score (nSPS) is 13.7. The van der Waals surface area contributed by atoms with Crippen LogP contribution in [0.5, 0.6) is 0 Å². The minimum atomic E-state index is -0.914. The summed E-state index contributed by atoms with van der Waals surface area (Å²) in [6.45, 7) is 5.49. The molecule has 0 aliphatic heterocycles. The Morgan fingerprint density at radius 1 is 1.53 bits per heavy atom. The van der Waals surface area contributed by atoms with Crippen LogP contribution in [0.3, 0.4) is 0 Å². The first-order valence-electron chi connectivity index (χ1n) is 5.97. The number of aryl methyl sites for hydroxylation is 1. The molecular formula is C12H19N3O3S. The highest BCUT2D eigenvalue weighted by molar-refractivity contribution is 7.09. The second-order valence-electron chi connectivity index (χ2n) is 4.62. The van der Waals surface area contributed by atoms with Crippen molar-refractivity contribution in [1.29, 1.82) is 0 Å². The molecule has 2 amide bonds. The van der Waals surface area contributed by atoms with Crippen LogP contribution in [0.15, 0.2) is 5.38 Å². The summed E-state index contributed by atoms with van der Waals surface area (Å²) >= 11 is 1.49. The number of nitrogens with zero attached hydrogens (tertiary/aromatic N) is 2. The zero-order valence-electron chi connectivity index (χ0n) is 11.5. The van der Waals surface area contributed by atoms with Gasteiger partial charge in [0, 0.05) is 24.7 Å². The number of carbonyl (C=O) groups is 2. The van der Waals surface area contributed by atoms with E-state index in [1.165, 1.54) is 16.2 Å². The summed E-state index contributed by atoms with van der Waals surface area (Å²) in [5.74, 6) is -1.50. The van der Waals surface area contributed by atoms with Gasteiger partial charge in [-0.2, -0.15) is 0 Å². The van der Waals surface area contributed by atoms with Crippen LogP contribution in [-0.4, -0.2) is 40.6 Å². The number of rotatable bonds is 5. The number of aliphatic carboxylic acids is 1. The van der Waals surface area contributed by atoms with Crippen molar-refractivity contribution >= 4 is 23.3 Å². The maximum atomic E-state index is 11.9. The highest BCUT2D eigenvalue weighted by Crippen LogP contribution is 2.17. The first-order valence-corrected chi connectivity index (χ1v) is 6.85. The third-order valence-corrected chi connectivity index (χ3v) is 3.81. The Morgan fingerprint density at radius 3 is 2.63 bits per heavy atom. The number of thiazole rings is 1. The molecule has 0 aliphatic carbocycles. The van der Waals surface area contributed by atoms with Crippen LogP contribution in [0.25, 0.3) is 0 Å². The summed E-state index contributed by atoms with van der Waals surface area (Å²) in [6.07, 6.45) is 0. The first kappa shape index (κ1) is 15.4. The highest BCUT2D eigenvalue weighted by Gasteiger charge is 2.19. The molecule has 2 atom stereocenters. The lowest BCUT2D eigenvalue weighted by molar-refractivity contribution is -0.141. The molecule has 1 heterocycles. The molecule has 0 aliphatic rings. The monoisotopic (exact) mass is 285 g/mol. The molecular weight excluding hydrogens is 266 g/mol. The topological polar surface area (TPSA) is 82.5 Å². The van der Waals surface area contributed by atoms with E-state index >= 15 is 0 Å². The predicted molar refractivity (Wildman–Crippen MR) is 73.2 cm³/mol. The van der Waals surface area contributed by atoms with Crippen molar-refractivity contribution < 1.29 is 14.7 Å². The largest absolute Gasteiger partial charge is 0.481 e. The fourth-order valence-electron chi connectivity index (χ4n) is 1.50. The first-order chi connectivity index (χ1) is 8.81. The zero-order valence-corrected chi connectivity index (χ0v) is 12.3. The second kappa shape index (κ2) is 6.51. The lowest BCUT2D eigenvalue weighted by atomic mass is 10.2. The van der Waals surface area contributed by atoms with E-state index in [0.29, 0.717) is 0 Å². The summed E-state index contributed by atoms with van der Waals surface area (Å²) in [4.78, 5) is 28.3. The number of carboxylic acids is 1. The Morgan fingerprint density at radius 2 is 2.16 bits per heavy atom. The van der Waals surface area contributed by atoms with Gasteiger partial charge in [-0.15, -0.1) is 11.3 Å². The van der Waals surface area contributed by atoms with Crippen molar-refractivity contribution in [3.8, 4) is 0 Å².